The van der Waals surface area contributed by atoms with Crippen molar-refractivity contribution in [1.82, 2.24) is 0 Å². The van der Waals surface area contributed by atoms with E-state index in [2.05, 4.69) is 0 Å². The van der Waals surface area contributed by atoms with Crippen molar-refractivity contribution in [2.75, 3.05) is 13.7 Å². The Kier molecular flexibility index (Phi) is 4.35. The number of rotatable bonds is 4. The van der Waals surface area contributed by atoms with Crippen LogP contribution in [0.15, 0.2) is 18.2 Å². The highest BCUT2D eigenvalue weighted by Crippen LogP contribution is 2.33. The molecule has 0 heterocycles. The largest absolute Gasteiger partial charge is 0.496 e. The molecule has 1 aromatic carbocycles. The summed E-state index contributed by atoms with van der Waals surface area (Å²) in [7, 11) is 1.59. The van der Waals surface area contributed by atoms with Crippen LogP contribution in [-0.4, -0.2) is 29.9 Å². The minimum Gasteiger partial charge on any atom is -0.496 e. The third kappa shape index (κ3) is 3.01. The van der Waals surface area contributed by atoms with Crippen molar-refractivity contribution < 1.29 is 19.7 Å². The SMILES string of the molecule is COc1ccc(C(CO)C(=O)O)cc1C(C)(C)C. The maximum Gasteiger partial charge on any atom is 0.313 e. The summed E-state index contributed by atoms with van der Waals surface area (Å²) in [6.45, 7) is 5.68. The molecule has 0 spiro atoms. The maximum atomic E-state index is 11.1. The van der Waals surface area contributed by atoms with Gasteiger partial charge in [0.1, 0.15) is 11.7 Å². The number of carbonyl (C=O) groups is 1. The Morgan fingerprint density at radius 3 is 2.39 bits per heavy atom. The number of ether oxygens (including phenoxy) is 1. The van der Waals surface area contributed by atoms with E-state index in [1.165, 1.54) is 0 Å². The van der Waals surface area contributed by atoms with Crippen LogP contribution < -0.4 is 4.74 Å². The third-order valence-corrected chi connectivity index (χ3v) is 2.91. The van der Waals surface area contributed by atoms with Gasteiger partial charge in [-0.25, -0.2) is 0 Å². The molecule has 2 N–H and O–H groups in total. The number of hydrogen-bond acceptors (Lipinski definition) is 3. The number of aliphatic hydroxyl groups is 1. The first-order valence-electron chi connectivity index (χ1n) is 5.83. The molecule has 0 aliphatic carbocycles. The van der Waals surface area contributed by atoms with Gasteiger partial charge in [-0.2, -0.15) is 0 Å². The zero-order chi connectivity index (χ0) is 13.9. The smallest absolute Gasteiger partial charge is 0.313 e. The predicted octanol–water partition coefficient (Wildman–Crippen LogP) is 2.15. The Labute approximate surface area is 107 Å². The topological polar surface area (TPSA) is 66.8 Å². The van der Waals surface area contributed by atoms with Crippen molar-refractivity contribution in [3.63, 3.8) is 0 Å². The Morgan fingerprint density at radius 2 is 2.00 bits per heavy atom. The molecular formula is C14H20O4. The summed E-state index contributed by atoms with van der Waals surface area (Å²) >= 11 is 0. The van der Waals surface area contributed by atoms with Crippen LogP contribution in [-0.2, 0) is 10.2 Å². The Bertz CT molecular complexity index is 432. The van der Waals surface area contributed by atoms with E-state index in [1.54, 1.807) is 25.3 Å². The molecule has 18 heavy (non-hydrogen) atoms. The van der Waals surface area contributed by atoms with Crippen LogP contribution in [0.2, 0.25) is 0 Å². The van der Waals surface area contributed by atoms with E-state index in [0.717, 1.165) is 11.3 Å². The summed E-state index contributed by atoms with van der Waals surface area (Å²) in [5.74, 6) is -1.19. The normalized spacial score (nSPS) is 13.2. The Balaban J connectivity index is 3.30. The Morgan fingerprint density at radius 1 is 1.39 bits per heavy atom. The number of aliphatic carboxylic acids is 1. The lowest BCUT2D eigenvalue weighted by Crippen LogP contribution is -2.18. The number of hydrogen-bond donors (Lipinski definition) is 2. The fraction of sp³-hybridized carbons (Fsp3) is 0.500. The second-order valence-corrected chi connectivity index (χ2v) is 5.28. The van der Waals surface area contributed by atoms with Gasteiger partial charge in [-0.15, -0.1) is 0 Å². The molecule has 4 heteroatoms. The fourth-order valence-corrected chi connectivity index (χ4v) is 1.85. The first-order chi connectivity index (χ1) is 8.31. The van der Waals surface area contributed by atoms with Gasteiger partial charge in [0.05, 0.1) is 13.7 Å². The van der Waals surface area contributed by atoms with Gasteiger partial charge < -0.3 is 14.9 Å². The molecule has 100 valence electrons. The summed E-state index contributed by atoms with van der Waals surface area (Å²) in [5.41, 5.74) is 1.37. The zero-order valence-corrected chi connectivity index (χ0v) is 11.2. The van der Waals surface area contributed by atoms with Crippen LogP contribution >= 0.6 is 0 Å². The van der Waals surface area contributed by atoms with E-state index in [1.807, 2.05) is 20.8 Å². The minimum atomic E-state index is -1.03. The Hall–Kier alpha value is -1.55. The maximum absolute atomic E-state index is 11.1. The predicted molar refractivity (Wildman–Crippen MR) is 69.2 cm³/mol. The van der Waals surface area contributed by atoms with Crippen molar-refractivity contribution in [2.45, 2.75) is 32.1 Å². The molecule has 0 saturated heterocycles. The summed E-state index contributed by atoms with van der Waals surface area (Å²) in [5, 5.41) is 18.2. The zero-order valence-electron chi connectivity index (χ0n) is 11.2. The van der Waals surface area contributed by atoms with Gasteiger partial charge >= 0.3 is 5.97 Å². The molecule has 0 aliphatic heterocycles. The van der Waals surface area contributed by atoms with Crippen molar-refractivity contribution in [3.05, 3.63) is 29.3 Å². The number of methoxy groups -OCH3 is 1. The molecule has 0 amide bonds. The van der Waals surface area contributed by atoms with E-state index in [-0.39, 0.29) is 5.41 Å². The quantitative estimate of drug-likeness (QED) is 0.861. The highest BCUT2D eigenvalue weighted by Gasteiger charge is 2.24. The number of carboxylic acid groups (broad SMARTS) is 1. The van der Waals surface area contributed by atoms with Crippen LogP contribution in [0.4, 0.5) is 0 Å². The van der Waals surface area contributed by atoms with Gasteiger partial charge in [-0.1, -0.05) is 32.9 Å². The molecule has 1 rings (SSSR count). The van der Waals surface area contributed by atoms with Crippen molar-refractivity contribution in [1.29, 1.82) is 0 Å². The summed E-state index contributed by atoms with van der Waals surface area (Å²) in [6, 6.07) is 5.23. The number of aliphatic hydroxyl groups excluding tert-OH is 1. The van der Waals surface area contributed by atoms with Gasteiger partial charge in [0.25, 0.3) is 0 Å². The molecule has 0 saturated carbocycles. The summed E-state index contributed by atoms with van der Waals surface area (Å²) in [4.78, 5) is 11.1. The van der Waals surface area contributed by atoms with Crippen LogP contribution in [0.1, 0.15) is 37.8 Å². The van der Waals surface area contributed by atoms with E-state index >= 15 is 0 Å². The number of carboxylic acids is 1. The third-order valence-electron chi connectivity index (χ3n) is 2.91. The van der Waals surface area contributed by atoms with Crippen LogP contribution in [0.3, 0.4) is 0 Å². The lowest BCUT2D eigenvalue weighted by atomic mass is 9.84. The molecule has 0 bridgehead atoms. The highest BCUT2D eigenvalue weighted by atomic mass is 16.5. The molecule has 1 aromatic rings. The monoisotopic (exact) mass is 252 g/mol. The van der Waals surface area contributed by atoms with Gasteiger partial charge in [-0.3, -0.25) is 4.79 Å². The van der Waals surface area contributed by atoms with Crippen LogP contribution in [0, 0.1) is 0 Å². The van der Waals surface area contributed by atoms with Gasteiger partial charge in [0.15, 0.2) is 0 Å². The molecule has 4 nitrogen and oxygen atoms in total. The second-order valence-electron chi connectivity index (χ2n) is 5.28. The standard InChI is InChI=1S/C14H20O4/c1-14(2,3)11-7-9(5-6-12(11)18-4)10(8-15)13(16)17/h5-7,10,15H,8H2,1-4H3,(H,16,17). The lowest BCUT2D eigenvalue weighted by molar-refractivity contribution is -0.139. The van der Waals surface area contributed by atoms with E-state index in [0.29, 0.717) is 5.56 Å². The molecule has 0 aliphatic rings. The van der Waals surface area contributed by atoms with Gasteiger partial charge in [0.2, 0.25) is 0 Å². The average Bonchev–Trinajstić information content (AvgIpc) is 2.28. The molecule has 1 unspecified atom stereocenters. The molecule has 1 atom stereocenters. The fourth-order valence-electron chi connectivity index (χ4n) is 1.85. The van der Waals surface area contributed by atoms with E-state index in [9.17, 15) is 4.79 Å². The van der Waals surface area contributed by atoms with Crippen molar-refractivity contribution in [2.24, 2.45) is 0 Å². The summed E-state index contributed by atoms with van der Waals surface area (Å²) < 4.78 is 5.29. The second kappa shape index (κ2) is 5.40. The first-order valence-corrected chi connectivity index (χ1v) is 5.83. The van der Waals surface area contributed by atoms with Gasteiger partial charge in [-0.05, 0) is 22.6 Å². The summed E-state index contributed by atoms with van der Waals surface area (Å²) in [6.07, 6.45) is 0. The lowest BCUT2D eigenvalue weighted by Gasteiger charge is -2.23. The van der Waals surface area contributed by atoms with Crippen molar-refractivity contribution in [3.8, 4) is 5.75 Å². The molecular weight excluding hydrogens is 232 g/mol. The van der Waals surface area contributed by atoms with E-state index < -0.39 is 18.5 Å². The average molecular weight is 252 g/mol. The molecule has 0 aromatic heterocycles. The number of benzene rings is 1. The van der Waals surface area contributed by atoms with E-state index in [4.69, 9.17) is 14.9 Å². The molecule has 0 radical (unpaired) electrons. The van der Waals surface area contributed by atoms with Gasteiger partial charge in [0, 0.05) is 0 Å². The van der Waals surface area contributed by atoms with Crippen LogP contribution in [0.5, 0.6) is 5.75 Å². The first kappa shape index (κ1) is 14.5. The highest BCUT2D eigenvalue weighted by molar-refractivity contribution is 5.76. The minimum absolute atomic E-state index is 0.153. The molecule has 0 fully saturated rings. The van der Waals surface area contributed by atoms with Crippen molar-refractivity contribution >= 4 is 5.97 Å². The van der Waals surface area contributed by atoms with Crippen LogP contribution in [0.25, 0.3) is 0 Å².